The highest BCUT2D eigenvalue weighted by Crippen LogP contribution is 2.13. The molecule has 7 heteroatoms. The van der Waals surface area contributed by atoms with Crippen molar-refractivity contribution in [3.8, 4) is 0 Å². The summed E-state index contributed by atoms with van der Waals surface area (Å²) in [5, 5.41) is 10.4. The molecule has 0 aliphatic carbocycles. The summed E-state index contributed by atoms with van der Waals surface area (Å²) in [6.45, 7) is 3.66. The molecule has 1 heterocycles. The smallest absolute Gasteiger partial charge is 0.338 e. The summed E-state index contributed by atoms with van der Waals surface area (Å²) in [4.78, 5) is 25.4. The molecule has 0 fully saturated rings. The van der Waals surface area contributed by atoms with Crippen molar-refractivity contribution in [2.75, 3.05) is 11.9 Å². The van der Waals surface area contributed by atoms with Gasteiger partial charge in [-0.1, -0.05) is 0 Å². The predicted molar refractivity (Wildman–Crippen MR) is 73.1 cm³/mol. The van der Waals surface area contributed by atoms with Crippen molar-refractivity contribution < 1.29 is 9.53 Å². The Bertz CT molecular complexity index is 664. The number of hydrogen-bond acceptors (Lipinski definition) is 6. The number of aromatic amines is 1. The summed E-state index contributed by atoms with van der Waals surface area (Å²) in [6.07, 6.45) is 0. The van der Waals surface area contributed by atoms with Crippen LogP contribution in [0, 0.1) is 6.92 Å². The molecule has 0 atom stereocenters. The van der Waals surface area contributed by atoms with Crippen LogP contribution in [0.5, 0.6) is 0 Å². The van der Waals surface area contributed by atoms with Gasteiger partial charge in [-0.05, 0) is 38.1 Å². The number of nitrogens with one attached hydrogen (secondary N) is 2. The number of hydrogen-bond donors (Lipinski definition) is 2. The SMILES string of the molecule is CCOC(=O)c1ccc(Nc2nnc(C)c(=O)[nH]2)cc1. The van der Waals surface area contributed by atoms with Crippen LogP contribution in [0.4, 0.5) is 11.6 Å². The van der Waals surface area contributed by atoms with E-state index in [0.29, 0.717) is 23.6 Å². The first kappa shape index (κ1) is 13.7. The molecule has 2 aromatic rings. The number of ether oxygens (including phenoxy) is 1. The second-order valence-electron chi connectivity index (χ2n) is 4.01. The Labute approximate surface area is 115 Å². The van der Waals surface area contributed by atoms with Gasteiger partial charge in [-0.15, -0.1) is 10.2 Å². The highest BCUT2D eigenvalue weighted by atomic mass is 16.5. The van der Waals surface area contributed by atoms with Gasteiger partial charge in [0.25, 0.3) is 5.56 Å². The molecule has 0 spiro atoms. The van der Waals surface area contributed by atoms with Gasteiger partial charge in [0.15, 0.2) is 0 Å². The number of carbonyl (C=O) groups is 1. The molecule has 0 unspecified atom stereocenters. The summed E-state index contributed by atoms with van der Waals surface area (Å²) < 4.78 is 4.89. The fourth-order valence-corrected chi connectivity index (χ4v) is 1.49. The number of H-pyrrole nitrogens is 1. The number of carbonyl (C=O) groups excluding carboxylic acids is 1. The van der Waals surface area contributed by atoms with Crippen LogP contribution in [-0.2, 0) is 4.74 Å². The average Bonchev–Trinajstić information content (AvgIpc) is 2.44. The number of aryl methyl sites for hydroxylation is 1. The predicted octanol–water partition coefficient (Wildman–Crippen LogP) is 1.39. The molecule has 0 saturated carbocycles. The Morgan fingerprint density at radius 3 is 2.60 bits per heavy atom. The maximum atomic E-state index is 11.5. The van der Waals surface area contributed by atoms with E-state index >= 15 is 0 Å². The Hall–Kier alpha value is -2.70. The van der Waals surface area contributed by atoms with Crippen molar-refractivity contribution in [1.29, 1.82) is 0 Å². The molecule has 104 valence electrons. The Morgan fingerprint density at radius 1 is 1.30 bits per heavy atom. The van der Waals surface area contributed by atoms with Gasteiger partial charge in [-0.2, -0.15) is 0 Å². The normalized spacial score (nSPS) is 10.1. The number of aromatic nitrogens is 3. The minimum absolute atomic E-state index is 0.240. The van der Waals surface area contributed by atoms with Crippen LogP contribution in [0.1, 0.15) is 23.0 Å². The monoisotopic (exact) mass is 274 g/mol. The molecule has 1 aromatic carbocycles. The van der Waals surface area contributed by atoms with E-state index in [1.54, 1.807) is 38.1 Å². The van der Waals surface area contributed by atoms with Gasteiger partial charge in [0.2, 0.25) is 5.95 Å². The molecule has 0 radical (unpaired) electrons. The molecule has 0 aliphatic rings. The summed E-state index contributed by atoms with van der Waals surface area (Å²) >= 11 is 0. The van der Waals surface area contributed by atoms with Crippen LogP contribution in [0.15, 0.2) is 29.1 Å². The van der Waals surface area contributed by atoms with E-state index in [-0.39, 0.29) is 17.5 Å². The summed E-state index contributed by atoms with van der Waals surface area (Å²) in [5.74, 6) is -0.132. The van der Waals surface area contributed by atoms with E-state index in [9.17, 15) is 9.59 Å². The molecule has 0 aliphatic heterocycles. The number of anilines is 2. The van der Waals surface area contributed by atoms with Crippen LogP contribution in [0.2, 0.25) is 0 Å². The molecular formula is C13H14N4O3. The molecule has 7 nitrogen and oxygen atoms in total. The van der Waals surface area contributed by atoms with E-state index in [0.717, 1.165) is 0 Å². The number of esters is 1. The lowest BCUT2D eigenvalue weighted by atomic mass is 10.2. The zero-order valence-corrected chi connectivity index (χ0v) is 11.1. The zero-order valence-electron chi connectivity index (χ0n) is 11.1. The van der Waals surface area contributed by atoms with Crippen LogP contribution >= 0.6 is 0 Å². The van der Waals surface area contributed by atoms with Crippen LogP contribution < -0.4 is 10.9 Å². The molecule has 1 aromatic heterocycles. The number of benzene rings is 1. The van der Waals surface area contributed by atoms with E-state index in [4.69, 9.17) is 4.74 Å². The minimum atomic E-state index is -0.373. The lowest BCUT2D eigenvalue weighted by Crippen LogP contribution is -2.15. The first-order valence-electron chi connectivity index (χ1n) is 6.08. The highest BCUT2D eigenvalue weighted by molar-refractivity contribution is 5.89. The van der Waals surface area contributed by atoms with Crippen LogP contribution in [-0.4, -0.2) is 27.8 Å². The second kappa shape index (κ2) is 5.96. The Balaban J connectivity index is 2.12. The first-order chi connectivity index (χ1) is 9.60. The van der Waals surface area contributed by atoms with E-state index in [1.165, 1.54) is 0 Å². The van der Waals surface area contributed by atoms with Crippen LogP contribution in [0.25, 0.3) is 0 Å². The second-order valence-corrected chi connectivity index (χ2v) is 4.01. The summed E-state index contributed by atoms with van der Waals surface area (Å²) in [7, 11) is 0. The third-order valence-corrected chi connectivity index (χ3v) is 2.52. The summed E-state index contributed by atoms with van der Waals surface area (Å²) in [6, 6.07) is 6.62. The maximum Gasteiger partial charge on any atom is 0.338 e. The largest absolute Gasteiger partial charge is 0.462 e. The zero-order chi connectivity index (χ0) is 14.5. The quantitative estimate of drug-likeness (QED) is 0.818. The van der Waals surface area contributed by atoms with E-state index in [1.807, 2.05) is 0 Å². The molecular weight excluding hydrogens is 260 g/mol. The van der Waals surface area contributed by atoms with Crippen molar-refractivity contribution in [2.24, 2.45) is 0 Å². The number of rotatable bonds is 4. The third kappa shape index (κ3) is 3.19. The maximum absolute atomic E-state index is 11.5. The highest BCUT2D eigenvalue weighted by Gasteiger charge is 2.06. The third-order valence-electron chi connectivity index (χ3n) is 2.52. The molecule has 20 heavy (non-hydrogen) atoms. The van der Waals surface area contributed by atoms with Crippen molar-refractivity contribution in [2.45, 2.75) is 13.8 Å². The number of nitrogens with zero attached hydrogens (tertiary/aromatic N) is 2. The van der Waals surface area contributed by atoms with Gasteiger partial charge < -0.3 is 10.1 Å². The summed E-state index contributed by atoms with van der Waals surface area (Å²) in [5.41, 5.74) is 1.13. The van der Waals surface area contributed by atoms with Gasteiger partial charge in [0.1, 0.15) is 5.69 Å². The first-order valence-corrected chi connectivity index (χ1v) is 6.08. The Kier molecular flexibility index (Phi) is 4.09. The van der Waals surface area contributed by atoms with E-state index in [2.05, 4.69) is 20.5 Å². The van der Waals surface area contributed by atoms with Gasteiger partial charge >= 0.3 is 5.97 Å². The van der Waals surface area contributed by atoms with Crippen molar-refractivity contribution in [3.05, 3.63) is 45.9 Å². The van der Waals surface area contributed by atoms with Crippen LogP contribution in [0.3, 0.4) is 0 Å². The molecule has 0 amide bonds. The van der Waals surface area contributed by atoms with Crippen molar-refractivity contribution in [3.63, 3.8) is 0 Å². The van der Waals surface area contributed by atoms with Gasteiger partial charge in [-0.3, -0.25) is 9.78 Å². The Morgan fingerprint density at radius 2 is 2.00 bits per heavy atom. The molecule has 0 saturated heterocycles. The van der Waals surface area contributed by atoms with Gasteiger partial charge in [0.05, 0.1) is 12.2 Å². The lowest BCUT2D eigenvalue weighted by molar-refractivity contribution is 0.0526. The van der Waals surface area contributed by atoms with Crippen molar-refractivity contribution in [1.82, 2.24) is 15.2 Å². The van der Waals surface area contributed by atoms with Crippen molar-refractivity contribution >= 4 is 17.6 Å². The fraction of sp³-hybridized carbons (Fsp3) is 0.231. The minimum Gasteiger partial charge on any atom is -0.462 e. The van der Waals surface area contributed by atoms with Gasteiger partial charge in [0, 0.05) is 5.69 Å². The fourth-order valence-electron chi connectivity index (χ4n) is 1.49. The van der Waals surface area contributed by atoms with Gasteiger partial charge in [-0.25, -0.2) is 4.79 Å². The topological polar surface area (TPSA) is 97.0 Å². The molecule has 2 rings (SSSR count). The standard InChI is InChI=1S/C13H14N4O3/c1-3-20-12(19)9-4-6-10(7-5-9)14-13-15-11(18)8(2)16-17-13/h4-7H,3H2,1-2H3,(H2,14,15,17,18). The lowest BCUT2D eigenvalue weighted by Gasteiger charge is -2.06. The average molecular weight is 274 g/mol. The molecule has 2 N–H and O–H groups in total. The molecule has 0 bridgehead atoms. The van der Waals surface area contributed by atoms with E-state index < -0.39 is 0 Å².